The highest BCUT2D eigenvalue weighted by atomic mass is 16.5. The Balaban J connectivity index is 2.50. The molecule has 1 aromatic rings. The monoisotopic (exact) mass is 414 g/mol. The number of aliphatic carboxylic acids is 1. The third-order valence-corrected chi connectivity index (χ3v) is 4.42. The highest BCUT2D eigenvalue weighted by molar-refractivity contribution is 5.85. The number of nitrogens with one attached hydrogen (secondary N) is 1. The molecule has 12 heteroatoms. The van der Waals surface area contributed by atoms with Crippen LogP contribution in [0.15, 0.2) is 18.0 Å². The van der Waals surface area contributed by atoms with Crippen LogP contribution in [-0.2, 0) is 25.7 Å². The van der Waals surface area contributed by atoms with Crippen molar-refractivity contribution in [1.29, 1.82) is 0 Å². The van der Waals surface area contributed by atoms with Gasteiger partial charge < -0.3 is 35.2 Å². The van der Waals surface area contributed by atoms with E-state index >= 15 is 0 Å². The van der Waals surface area contributed by atoms with Gasteiger partial charge in [-0.05, 0) is 6.08 Å². The van der Waals surface area contributed by atoms with Crippen molar-refractivity contribution in [2.45, 2.75) is 50.8 Å². The molecule has 5 atom stereocenters. The summed E-state index contributed by atoms with van der Waals surface area (Å²) < 4.78 is 11.7. The summed E-state index contributed by atoms with van der Waals surface area (Å²) in [6.07, 6.45) is -1.95. The van der Waals surface area contributed by atoms with Crippen molar-refractivity contribution >= 4 is 11.9 Å². The molecule has 2 heterocycles. The molecule has 1 amide bonds. The molecule has 0 bridgehead atoms. The van der Waals surface area contributed by atoms with E-state index in [0.717, 1.165) is 0 Å². The molecule has 0 aromatic carbocycles. The first kappa shape index (κ1) is 22.7. The first-order valence-corrected chi connectivity index (χ1v) is 8.98. The van der Waals surface area contributed by atoms with Crippen LogP contribution < -0.4 is 5.32 Å². The van der Waals surface area contributed by atoms with Crippen molar-refractivity contribution in [3.05, 3.63) is 23.7 Å². The fourth-order valence-electron chi connectivity index (χ4n) is 2.86. The number of carboxylic acids is 1. The summed E-state index contributed by atoms with van der Waals surface area (Å²) in [6, 6.07) is -1.91. The van der Waals surface area contributed by atoms with Crippen molar-refractivity contribution in [3.8, 4) is 0 Å². The maximum absolute atomic E-state index is 12.4. The van der Waals surface area contributed by atoms with Gasteiger partial charge in [0.05, 0.1) is 31.5 Å². The van der Waals surface area contributed by atoms with Gasteiger partial charge in [0, 0.05) is 13.0 Å². The number of ether oxygens (including phenoxy) is 2. The van der Waals surface area contributed by atoms with Crippen LogP contribution >= 0.6 is 0 Å². The Hall–Kier alpha value is -2.54. The molecule has 29 heavy (non-hydrogen) atoms. The normalized spacial score (nSPS) is 23.8. The molecule has 1 unspecified atom stereocenters. The van der Waals surface area contributed by atoms with Crippen molar-refractivity contribution in [2.24, 2.45) is 5.92 Å². The maximum Gasteiger partial charge on any atom is 0.370 e. The number of amides is 1. The summed E-state index contributed by atoms with van der Waals surface area (Å²) in [4.78, 5) is 23.9. The second kappa shape index (κ2) is 9.78. The van der Waals surface area contributed by atoms with Gasteiger partial charge in [-0.25, -0.2) is 9.48 Å². The number of aromatic nitrogens is 3. The fraction of sp³-hybridized carbons (Fsp3) is 0.647. The molecule has 0 spiro atoms. The molecule has 0 saturated heterocycles. The Kier molecular flexibility index (Phi) is 7.67. The lowest BCUT2D eigenvalue weighted by Crippen LogP contribution is -2.59. The van der Waals surface area contributed by atoms with Gasteiger partial charge in [0.15, 0.2) is 0 Å². The summed E-state index contributed by atoms with van der Waals surface area (Å²) in [5, 5.41) is 49.5. The van der Waals surface area contributed by atoms with E-state index in [9.17, 15) is 30.0 Å². The van der Waals surface area contributed by atoms with Gasteiger partial charge in [-0.15, -0.1) is 5.10 Å². The van der Waals surface area contributed by atoms with Gasteiger partial charge in [0.1, 0.15) is 24.0 Å². The first-order valence-electron chi connectivity index (χ1n) is 8.98. The summed E-state index contributed by atoms with van der Waals surface area (Å²) in [5.74, 6) is -2.70. The molecule has 162 valence electrons. The average molecular weight is 414 g/mol. The van der Waals surface area contributed by atoms with E-state index in [0.29, 0.717) is 5.69 Å². The number of hydrogen-bond donors (Lipinski definition) is 5. The number of aliphatic hydroxyl groups is 3. The van der Waals surface area contributed by atoms with Gasteiger partial charge >= 0.3 is 5.97 Å². The quantitative estimate of drug-likeness (QED) is 0.309. The van der Waals surface area contributed by atoms with E-state index in [4.69, 9.17) is 9.47 Å². The molecule has 5 N–H and O–H groups in total. The molecule has 12 nitrogen and oxygen atoms in total. The molecule has 1 aliphatic rings. The van der Waals surface area contributed by atoms with Crippen molar-refractivity contribution in [1.82, 2.24) is 20.3 Å². The number of nitrogens with zero attached hydrogens (tertiary/aromatic N) is 3. The van der Waals surface area contributed by atoms with Gasteiger partial charge in [-0.2, -0.15) is 0 Å². The molecular formula is C17H26N4O8. The second-order valence-electron chi connectivity index (χ2n) is 6.96. The lowest BCUT2D eigenvalue weighted by atomic mass is 9.91. The van der Waals surface area contributed by atoms with E-state index in [1.165, 1.54) is 24.1 Å². The highest BCUT2D eigenvalue weighted by Gasteiger charge is 2.45. The van der Waals surface area contributed by atoms with Crippen LogP contribution in [0.4, 0.5) is 0 Å². The fourth-order valence-corrected chi connectivity index (χ4v) is 2.86. The van der Waals surface area contributed by atoms with Gasteiger partial charge in [-0.1, -0.05) is 19.1 Å². The number of carboxylic acid groups (broad SMARTS) is 1. The average Bonchev–Trinajstić information content (AvgIpc) is 3.15. The summed E-state index contributed by atoms with van der Waals surface area (Å²) in [7, 11) is 1.48. The van der Waals surface area contributed by atoms with Gasteiger partial charge in [-0.3, -0.25) is 4.79 Å². The Labute approximate surface area is 166 Å². The SMILES string of the molecule is COCc1cn([C@H]2C=C(C(=O)O)O[C@@H]([C@H](O)C(O)CO)[C@@H]2NC(=O)C(C)C)nn1. The van der Waals surface area contributed by atoms with Gasteiger partial charge in [0.2, 0.25) is 11.7 Å². The molecule has 0 aliphatic carbocycles. The van der Waals surface area contributed by atoms with Crippen molar-refractivity contribution < 1.29 is 39.5 Å². The van der Waals surface area contributed by atoms with E-state index in [2.05, 4.69) is 15.6 Å². The largest absolute Gasteiger partial charge is 0.478 e. The predicted molar refractivity (Wildman–Crippen MR) is 96.2 cm³/mol. The highest BCUT2D eigenvalue weighted by Crippen LogP contribution is 2.30. The summed E-state index contributed by atoms with van der Waals surface area (Å²) in [6.45, 7) is 2.69. The summed E-state index contributed by atoms with van der Waals surface area (Å²) in [5.41, 5.74) is 0.464. The number of carbonyl (C=O) groups excluding carboxylic acids is 1. The zero-order chi connectivity index (χ0) is 21.7. The minimum atomic E-state index is -1.69. The first-order chi connectivity index (χ1) is 13.7. The molecular weight excluding hydrogens is 388 g/mol. The lowest BCUT2D eigenvalue weighted by Gasteiger charge is -2.40. The number of hydrogen-bond acceptors (Lipinski definition) is 9. The molecule has 0 radical (unpaired) electrons. The maximum atomic E-state index is 12.4. The van der Waals surface area contributed by atoms with Crippen molar-refractivity contribution in [2.75, 3.05) is 13.7 Å². The molecule has 2 rings (SSSR count). The molecule has 0 saturated carbocycles. The number of carbonyl (C=O) groups is 2. The van der Waals surface area contributed by atoms with Crippen LogP contribution in [0.1, 0.15) is 25.6 Å². The third-order valence-electron chi connectivity index (χ3n) is 4.42. The summed E-state index contributed by atoms with van der Waals surface area (Å²) >= 11 is 0. The Bertz CT molecular complexity index is 750. The van der Waals surface area contributed by atoms with E-state index in [1.54, 1.807) is 13.8 Å². The predicted octanol–water partition coefficient (Wildman–Crippen LogP) is -1.81. The van der Waals surface area contributed by atoms with Crippen LogP contribution in [0.3, 0.4) is 0 Å². The number of aliphatic hydroxyl groups excluding tert-OH is 3. The zero-order valence-corrected chi connectivity index (χ0v) is 16.3. The topological polar surface area (TPSA) is 176 Å². The molecule has 0 fully saturated rings. The Morgan fingerprint density at radius 1 is 1.38 bits per heavy atom. The smallest absolute Gasteiger partial charge is 0.370 e. The Morgan fingerprint density at radius 3 is 2.62 bits per heavy atom. The van der Waals surface area contributed by atoms with Crippen LogP contribution in [0.25, 0.3) is 0 Å². The molecule has 1 aromatic heterocycles. The van der Waals surface area contributed by atoms with Crippen LogP contribution in [0, 0.1) is 5.92 Å². The van der Waals surface area contributed by atoms with Crippen LogP contribution in [-0.4, -0.2) is 85.4 Å². The van der Waals surface area contributed by atoms with Gasteiger partial charge in [0.25, 0.3) is 0 Å². The van der Waals surface area contributed by atoms with E-state index in [1.807, 2.05) is 0 Å². The standard InChI is InChI=1S/C17H26N4O8/c1-8(2)16(25)18-13-10(21-5-9(7-28-3)19-20-21)4-12(17(26)27)29-15(13)14(24)11(23)6-22/h4-5,8,10-11,13-15,22-24H,6-7H2,1-3H3,(H,18,25)(H,26,27)/t10-,11?,13+,14+,15+/m0/s1. The number of rotatable bonds is 9. The minimum Gasteiger partial charge on any atom is -0.478 e. The zero-order valence-electron chi connectivity index (χ0n) is 16.3. The van der Waals surface area contributed by atoms with E-state index < -0.39 is 54.6 Å². The third kappa shape index (κ3) is 5.29. The lowest BCUT2D eigenvalue weighted by molar-refractivity contribution is -0.147. The molecule has 1 aliphatic heterocycles. The van der Waals surface area contributed by atoms with Crippen LogP contribution in [0.5, 0.6) is 0 Å². The number of methoxy groups -OCH3 is 1. The van der Waals surface area contributed by atoms with Crippen molar-refractivity contribution in [3.63, 3.8) is 0 Å². The second-order valence-corrected chi connectivity index (χ2v) is 6.96. The Morgan fingerprint density at radius 2 is 2.07 bits per heavy atom. The van der Waals surface area contributed by atoms with Crippen LogP contribution in [0.2, 0.25) is 0 Å². The van der Waals surface area contributed by atoms with E-state index in [-0.39, 0.29) is 12.5 Å². The minimum absolute atomic E-state index is 0.164.